The van der Waals surface area contributed by atoms with Gasteiger partial charge in [0.05, 0.1) is 5.69 Å². The maximum absolute atomic E-state index is 5.29. The van der Waals surface area contributed by atoms with Gasteiger partial charge in [-0.3, -0.25) is 4.98 Å². The Bertz CT molecular complexity index is 249. The van der Waals surface area contributed by atoms with E-state index in [0.717, 1.165) is 12.1 Å². The van der Waals surface area contributed by atoms with Crippen molar-refractivity contribution in [3.63, 3.8) is 0 Å². The molecule has 0 bridgehead atoms. The second-order valence-corrected chi connectivity index (χ2v) is 2.74. The first kappa shape index (κ1) is 8.93. The highest BCUT2D eigenvalue weighted by molar-refractivity contribution is 5.39. The molecule has 4 heteroatoms. The first-order valence-electron chi connectivity index (χ1n) is 4.07. The quantitative estimate of drug-likeness (QED) is 0.524. The molecule has 0 saturated heterocycles. The molecule has 66 valence electrons. The molecule has 0 fully saturated rings. The number of hydrogen-bond donors (Lipinski definition) is 2. The van der Waals surface area contributed by atoms with E-state index in [1.165, 1.54) is 0 Å². The van der Waals surface area contributed by atoms with E-state index >= 15 is 0 Å². The van der Waals surface area contributed by atoms with Crippen molar-refractivity contribution in [3.05, 3.63) is 18.1 Å². The van der Waals surface area contributed by atoms with Crippen LogP contribution in [-0.4, -0.2) is 9.97 Å². The number of nitrogens with two attached hydrogens (primary N) is 1. The lowest BCUT2D eigenvalue weighted by molar-refractivity contribution is 0.704. The van der Waals surface area contributed by atoms with E-state index < -0.39 is 0 Å². The van der Waals surface area contributed by atoms with Crippen LogP contribution in [0.1, 0.15) is 31.9 Å². The molecule has 12 heavy (non-hydrogen) atoms. The Hall–Kier alpha value is -1.16. The first-order valence-corrected chi connectivity index (χ1v) is 4.07. The summed E-state index contributed by atoms with van der Waals surface area (Å²) in [6.07, 6.45) is 4.34. The van der Waals surface area contributed by atoms with Gasteiger partial charge in [0, 0.05) is 18.3 Å². The van der Waals surface area contributed by atoms with E-state index in [1.54, 1.807) is 12.4 Å². The fourth-order valence-electron chi connectivity index (χ4n) is 1.01. The van der Waals surface area contributed by atoms with Crippen LogP contribution < -0.4 is 11.3 Å². The zero-order valence-corrected chi connectivity index (χ0v) is 7.41. The van der Waals surface area contributed by atoms with Crippen molar-refractivity contribution in [2.24, 2.45) is 5.84 Å². The summed E-state index contributed by atoms with van der Waals surface area (Å²) >= 11 is 0. The first-order chi connectivity index (χ1) is 5.79. The van der Waals surface area contributed by atoms with Crippen molar-refractivity contribution in [2.75, 3.05) is 5.43 Å². The van der Waals surface area contributed by atoms with Gasteiger partial charge in [-0.2, -0.15) is 0 Å². The van der Waals surface area contributed by atoms with Crippen LogP contribution in [0.5, 0.6) is 0 Å². The zero-order chi connectivity index (χ0) is 8.97. The number of aromatic nitrogens is 2. The molecule has 0 aromatic carbocycles. The number of rotatable bonds is 3. The topological polar surface area (TPSA) is 63.8 Å². The third-order valence-corrected chi connectivity index (χ3v) is 1.94. The molecule has 0 spiro atoms. The Morgan fingerprint density at radius 1 is 1.50 bits per heavy atom. The fourth-order valence-corrected chi connectivity index (χ4v) is 1.01. The normalized spacial score (nSPS) is 12.6. The standard InChI is InChI=1S/C8H14N4/c1-3-6(2)7-8(12-9)11-5-4-10-7/h4-6H,3,9H2,1-2H3,(H,11,12). The van der Waals surface area contributed by atoms with Gasteiger partial charge >= 0.3 is 0 Å². The highest BCUT2D eigenvalue weighted by Gasteiger charge is 2.09. The van der Waals surface area contributed by atoms with Crippen LogP contribution in [0.25, 0.3) is 0 Å². The van der Waals surface area contributed by atoms with E-state index in [-0.39, 0.29) is 0 Å². The Labute approximate surface area is 72.2 Å². The van der Waals surface area contributed by atoms with Gasteiger partial charge in [-0.25, -0.2) is 10.8 Å². The summed E-state index contributed by atoms with van der Waals surface area (Å²) in [4.78, 5) is 8.28. The lowest BCUT2D eigenvalue weighted by Gasteiger charge is -2.10. The molecule has 1 aromatic heterocycles. The molecule has 1 unspecified atom stereocenters. The number of hydrogen-bond acceptors (Lipinski definition) is 4. The van der Waals surface area contributed by atoms with Gasteiger partial charge in [0.15, 0.2) is 5.82 Å². The minimum Gasteiger partial charge on any atom is -0.307 e. The van der Waals surface area contributed by atoms with Crippen LogP contribution in [0.4, 0.5) is 5.82 Å². The lowest BCUT2D eigenvalue weighted by atomic mass is 10.1. The Balaban J connectivity index is 2.96. The molecular weight excluding hydrogens is 152 g/mol. The van der Waals surface area contributed by atoms with E-state index in [2.05, 4.69) is 29.2 Å². The molecule has 1 rings (SSSR count). The van der Waals surface area contributed by atoms with E-state index in [9.17, 15) is 0 Å². The summed E-state index contributed by atoms with van der Waals surface area (Å²) in [5.41, 5.74) is 3.47. The van der Waals surface area contributed by atoms with Gasteiger partial charge in [-0.05, 0) is 6.42 Å². The van der Waals surface area contributed by atoms with Gasteiger partial charge in [-0.1, -0.05) is 13.8 Å². The summed E-state index contributed by atoms with van der Waals surface area (Å²) in [7, 11) is 0. The Morgan fingerprint density at radius 3 is 2.75 bits per heavy atom. The van der Waals surface area contributed by atoms with Crippen LogP contribution in [0.3, 0.4) is 0 Å². The third kappa shape index (κ3) is 1.71. The molecule has 4 nitrogen and oxygen atoms in total. The molecule has 0 radical (unpaired) electrons. The Morgan fingerprint density at radius 2 is 2.17 bits per heavy atom. The number of anilines is 1. The predicted molar refractivity (Wildman–Crippen MR) is 48.5 cm³/mol. The molecule has 3 N–H and O–H groups in total. The zero-order valence-electron chi connectivity index (χ0n) is 7.41. The van der Waals surface area contributed by atoms with Crippen LogP contribution >= 0.6 is 0 Å². The minimum absolute atomic E-state index is 0.393. The molecule has 1 aromatic rings. The Kier molecular flexibility index (Phi) is 2.99. The van der Waals surface area contributed by atoms with Crippen molar-refractivity contribution in [2.45, 2.75) is 26.2 Å². The van der Waals surface area contributed by atoms with Crippen molar-refractivity contribution in [1.29, 1.82) is 0 Å². The van der Waals surface area contributed by atoms with Crippen molar-refractivity contribution >= 4 is 5.82 Å². The van der Waals surface area contributed by atoms with Crippen molar-refractivity contribution in [3.8, 4) is 0 Å². The second kappa shape index (κ2) is 4.01. The lowest BCUT2D eigenvalue weighted by Crippen LogP contribution is -2.13. The van der Waals surface area contributed by atoms with Crippen LogP contribution in [0.2, 0.25) is 0 Å². The average Bonchev–Trinajstić information content (AvgIpc) is 2.16. The molecule has 0 amide bonds. The molecule has 1 heterocycles. The van der Waals surface area contributed by atoms with Gasteiger partial charge in [0.1, 0.15) is 0 Å². The fraction of sp³-hybridized carbons (Fsp3) is 0.500. The highest BCUT2D eigenvalue weighted by Crippen LogP contribution is 2.20. The third-order valence-electron chi connectivity index (χ3n) is 1.94. The van der Waals surface area contributed by atoms with Gasteiger partial charge in [0.2, 0.25) is 0 Å². The molecule has 1 atom stereocenters. The monoisotopic (exact) mass is 166 g/mol. The number of nitrogens with zero attached hydrogens (tertiary/aromatic N) is 2. The van der Waals surface area contributed by atoms with Gasteiger partial charge < -0.3 is 5.43 Å². The number of nitrogen functional groups attached to an aromatic ring is 1. The van der Waals surface area contributed by atoms with Gasteiger partial charge in [-0.15, -0.1) is 0 Å². The summed E-state index contributed by atoms with van der Waals surface area (Å²) in [5.74, 6) is 6.36. The van der Waals surface area contributed by atoms with E-state index in [4.69, 9.17) is 5.84 Å². The SMILES string of the molecule is CCC(C)c1nccnc1NN. The summed E-state index contributed by atoms with van der Waals surface area (Å²) < 4.78 is 0. The number of nitrogens with one attached hydrogen (secondary N) is 1. The maximum Gasteiger partial charge on any atom is 0.162 e. The summed E-state index contributed by atoms with van der Waals surface area (Å²) in [6, 6.07) is 0. The second-order valence-electron chi connectivity index (χ2n) is 2.74. The van der Waals surface area contributed by atoms with Crippen LogP contribution in [0.15, 0.2) is 12.4 Å². The smallest absolute Gasteiger partial charge is 0.162 e. The van der Waals surface area contributed by atoms with Gasteiger partial charge in [0.25, 0.3) is 0 Å². The molecular formula is C8H14N4. The molecule has 0 aliphatic carbocycles. The van der Waals surface area contributed by atoms with Crippen LogP contribution in [0, 0.1) is 0 Å². The van der Waals surface area contributed by atoms with E-state index in [0.29, 0.717) is 11.7 Å². The largest absolute Gasteiger partial charge is 0.307 e. The van der Waals surface area contributed by atoms with E-state index in [1.807, 2.05) is 0 Å². The predicted octanol–water partition coefficient (Wildman–Crippen LogP) is 1.28. The summed E-state index contributed by atoms with van der Waals surface area (Å²) in [6.45, 7) is 4.21. The molecule has 0 aliphatic rings. The average molecular weight is 166 g/mol. The van der Waals surface area contributed by atoms with Crippen molar-refractivity contribution < 1.29 is 0 Å². The minimum atomic E-state index is 0.393. The number of hydrazine groups is 1. The van der Waals surface area contributed by atoms with Crippen LogP contribution in [-0.2, 0) is 0 Å². The molecule has 0 saturated carbocycles. The summed E-state index contributed by atoms with van der Waals surface area (Å²) in [5, 5.41) is 0. The maximum atomic E-state index is 5.29. The highest BCUT2D eigenvalue weighted by atomic mass is 15.3. The molecule has 0 aliphatic heterocycles. The van der Waals surface area contributed by atoms with Crippen molar-refractivity contribution in [1.82, 2.24) is 9.97 Å².